The molecule has 2 aromatic carbocycles. The molecule has 11 atom stereocenters. The summed E-state index contributed by atoms with van der Waals surface area (Å²) in [6.45, 7) is 10.1. The number of rotatable bonds is 10. The summed E-state index contributed by atoms with van der Waals surface area (Å²) in [5.41, 5.74) is 22.9. The van der Waals surface area contributed by atoms with Crippen LogP contribution in [0.5, 0.6) is 0 Å². The number of aliphatic hydroxyl groups is 3. The van der Waals surface area contributed by atoms with E-state index in [9.17, 15) is 29.7 Å². The minimum atomic E-state index is -1.31. The van der Waals surface area contributed by atoms with Crippen LogP contribution in [-0.4, -0.2) is 62.8 Å². The number of aliphatic imine (C=N–C) groups is 2. The van der Waals surface area contributed by atoms with Gasteiger partial charge in [-0.25, -0.2) is 0 Å². The van der Waals surface area contributed by atoms with Crippen LogP contribution in [0.15, 0.2) is 69.7 Å². The average molecular weight is 849 g/mol. The Morgan fingerprint density at radius 2 is 1.53 bits per heavy atom. The van der Waals surface area contributed by atoms with Crippen molar-refractivity contribution in [3.8, 4) is 11.8 Å². The monoisotopic (exact) mass is 848 g/mol. The molecule has 4 aliphatic rings. The van der Waals surface area contributed by atoms with Crippen molar-refractivity contribution in [1.82, 2.24) is 0 Å². The lowest BCUT2D eigenvalue weighted by atomic mass is 9.42. The van der Waals surface area contributed by atoms with Gasteiger partial charge in [0.05, 0.1) is 12.2 Å². The molecule has 11 N–H and O–H groups in total. The summed E-state index contributed by atoms with van der Waals surface area (Å²) in [4.78, 5) is 45.1. The first-order valence-corrected chi connectivity index (χ1v) is 21.8. The molecule has 6 rings (SSSR count). The van der Waals surface area contributed by atoms with E-state index in [-0.39, 0.29) is 82.0 Å². The Hall–Kier alpha value is -5.29. The average Bonchev–Trinajstić information content (AvgIpc) is 3.58. The normalized spacial score (nSPS) is 32.1. The number of benzene rings is 2. The van der Waals surface area contributed by atoms with E-state index in [0.717, 1.165) is 18.4 Å². The zero-order valence-electron chi connectivity index (χ0n) is 36.6. The first-order valence-electron chi connectivity index (χ1n) is 21.8. The number of ether oxygens (including phenoxy) is 1. The van der Waals surface area contributed by atoms with Crippen molar-refractivity contribution in [2.45, 2.75) is 117 Å². The van der Waals surface area contributed by atoms with Gasteiger partial charge in [-0.15, -0.1) is 0 Å². The van der Waals surface area contributed by atoms with E-state index < -0.39 is 29.6 Å². The van der Waals surface area contributed by atoms with Crippen LogP contribution in [0.2, 0.25) is 0 Å². The third-order valence-corrected chi connectivity index (χ3v) is 15.1. The molecular formula is C49H64N6O7. The molecule has 0 radical (unpaired) electrons. The van der Waals surface area contributed by atoms with Gasteiger partial charge in [0.1, 0.15) is 12.2 Å². The molecule has 13 nitrogen and oxygen atoms in total. The fraction of sp³-hybridized carbons (Fsp3) is 0.531. The lowest BCUT2D eigenvalue weighted by Gasteiger charge is -2.64. The third-order valence-electron chi connectivity index (χ3n) is 15.1. The number of esters is 1. The predicted molar refractivity (Wildman–Crippen MR) is 240 cm³/mol. The number of amides is 2. The number of nitrogens with zero attached hydrogens (tertiary/aromatic N) is 2. The maximum absolute atomic E-state index is 12.7. The van der Waals surface area contributed by atoms with E-state index in [0.29, 0.717) is 61.6 Å². The minimum absolute atomic E-state index is 0.0117. The highest BCUT2D eigenvalue weighted by Crippen LogP contribution is 2.69. The molecule has 0 bridgehead atoms. The number of fused-ring (bicyclic) bond motifs is 5. The third kappa shape index (κ3) is 9.83. The van der Waals surface area contributed by atoms with Crippen LogP contribution in [0.4, 0.5) is 0 Å². The van der Waals surface area contributed by atoms with Crippen LogP contribution in [0.1, 0.15) is 115 Å². The second kappa shape index (κ2) is 18.6. The molecule has 2 aromatic rings. The molecular weight excluding hydrogens is 785 g/mol. The van der Waals surface area contributed by atoms with Gasteiger partial charge in [0.25, 0.3) is 11.8 Å². The summed E-state index contributed by atoms with van der Waals surface area (Å²) in [5.74, 6) is 4.82. The number of carbonyl (C=O) groups is 3. The van der Waals surface area contributed by atoms with Crippen molar-refractivity contribution in [3.05, 3.63) is 81.9 Å². The van der Waals surface area contributed by atoms with Crippen LogP contribution >= 0.6 is 0 Å². The van der Waals surface area contributed by atoms with Gasteiger partial charge >= 0.3 is 5.97 Å². The highest BCUT2D eigenvalue weighted by atomic mass is 16.5. The smallest absolute Gasteiger partial charge is 0.306 e. The van der Waals surface area contributed by atoms with Gasteiger partial charge in [-0.3, -0.25) is 14.4 Å². The fourth-order valence-corrected chi connectivity index (χ4v) is 11.7. The zero-order valence-corrected chi connectivity index (χ0v) is 36.6. The minimum Gasteiger partial charge on any atom is -0.461 e. The number of guanidine groups is 2. The van der Waals surface area contributed by atoms with Crippen molar-refractivity contribution >= 4 is 41.9 Å². The van der Waals surface area contributed by atoms with Crippen LogP contribution in [0.3, 0.4) is 0 Å². The summed E-state index contributed by atoms with van der Waals surface area (Å²) in [6.07, 6.45) is 7.61. The first-order chi connectivity index (χ1) is 29.2. The largest absolute Gasteiger partial charge is 0.461 e. The van der Waals surface area contributed by atoms with E-state index in [1.165, 1.54) is 0 Å². The van der Waals surface area contributed by atoms with Gasteiger partial charge in [-0.2, -0.15) is 9.98 Å². The number of aliphatic hydroxyl groups excluding tert-OH is 2. The van der Waals surface area contributed by atoms with E-state index in [2.05, 4.69) is 42.6 Å². The lowest BCUT2D eigenvalue weighted by Crippen LogP contribution is -2.63. The highest BCUT2D eigenvalue weighted by molar-refractivity contribution is 6.05. The molecule has 332 valence electrons. The quantitative estimate of drug-likeness (QED) is 0.0555. The van der Waals surface area contributed by atoms with Crippen molar-refractivity contribution in [1.29, 1.82) is 0 Å². The highest BCUT2D eigenvalue weighted by Gasteiger charge is 2.66. The molecule has 2 amide bonds. The lowest BCUT2D eigenvalue weighted by molar-refractivity contribution is -0.211. The topological polar surface area (TPSA) is 250 Å². The van der Waals surface area contributed by atoms with Gasteiger partial charge in [-0.1, -0.05) is 69.0 Å². The van der Waals surface area contributed by atoms with Crippen molar-refractivity contribution in [2.75, 3.05) is 0 Å². The molecule has 2 unspecified atom stereocenters. The summed E-state index contributed by atoms with van der Waals surface area (Å²) >= 11 is 0. The molecule has 4 fully saturated rings. The Balaban J connectivity index is 1.17. The second-order valence-corrected chi connectivity index (χ2v) is 18.9. The van der Waals surface area contributed by atoms with Crippen LogP contribution in [0.25, 0.3) is 12.2 Å². The molecule has 0 heterocycles. The summed E-state index contributed by atoms with van der Waals surface area (Å²) < 4.78 is 5.57. The van der Waals surface area contributed by atoms with Crippen LogP contribution in [0, 0.1) is 58.2 Å². The van der Waals surface area contributed by atoms with Crippen molar-refractivity contribution in [2.24, 2.45) is 79.3 Å². The molecule has 0 aromatic heterocycles. The standard InChI is InChI=1S/C49H64N6O7/c1-28(11-16-41(58)62-27-32-9-7-6-8-10-32)36-14-15-37-42-38(25-40(57)48(36,37)5)47(4)19-20-49(61,26-35(47)24-39(42)56)18-17-31-12-13-33(21-29(2)43(59)54-45(50)51)34(23-31)22-30(3)44(60)55-46(52)53/h6-10,12-13,21-23,28,35-40,42,56-57,61H,11,14-16,19-20,24-27H2,1-5H3,(H4,50,51,54,59)(H4,52,53,55,60)/t28?,35-,36?,37+,38+,39-,40+,42+,47+,48-,49-/m1/s1. The number of hydrogen-bond donors (Lipinski definition) is 7. The Morgan fingerprint density at radius 1 is 0.887 bits per heavy atom. The van der Waals surface area contributed by atoms with E-state index in [4.69, 9.17) is 27.7 Å². The van der Waals surface area contributed by atoms with Crippen molar-refractivity contribution < 1.29 is 34.4 Å². The van der Waals surface area contributed by atoms with E-state index >= 15 is 0 Å². The molecule has 62 heavy (non-hydrogen) atoms. The Morgan fingerprint density at radius 3 is 2.18 bits per heavy atom. The number of hydrogen-bond acceptors (Lipinski definition) is 7. The molecule has 0 spiro atoms. The van der Waals surface area contributed by atoms with Crippen LogP contribution < -0.4 is 22.9 Å². The molecule has 0 aliphatic heterocycles. The summed E-state index contributed by atoms with van der Waals surface area (Å²) in [6, 6.07) is 14.9. The van der Waals surface area contributed by atoms with Gasteiger partial charge in [0.2, 0.25) is 0 Å². The van der Waals surface area contributed by atoms with Crippen molar-refractivity contribution in [3.63, 3.8) is 0 Å². The molecule has 13 heteroatoms. The molecule has 4 saturated carbocycles. The second-order valence-electron chi connectivity index (χ2n) is 18.9. The maximum atomic E-state index is 12.7. The Labute approximate surface area is 365 Å². The van der Waals surface area contributed by atoms with Gasteiger partial charge in [0.15, 0.2) is 11.9 Å². The summed E-state index contributed by atoms with van der Waals surface area (Å²) in [5, 5.41) is 36.2. The maximum Gasteiger partial charge on any atom is 0.306 e. The Kier molecular flexibility index (Phi) is 13.9. The zero-order chi connectivity index (χ0) is 45.1. The van der Waals surface area contributed by atoms with E-state index in [1.807, 2.05) is 30.3 Å². The number of nitrogens with two attached hydrogens (primary N) is 4. The Bertz CT molecular complexity index is 2220. The van der Waals surface area contributed by atoms with Gasteiger partial charge in [0, 0.05) is 23.1 Å². The molecule has 4 aliphatic carbocycles. The van der Waals surface area contributed by atoms with Crippen LogP contribution in [-0.2, 0) is 25.7 Å². The molecule has 0 saturated heterocycles. The first kappa shape index (κ1) is 46.2. The predicted octanol–water partition coefficient (Wildman–Crippen LogP) is 4.94. The summed E-state index contributed by atoms with van der Waals surface area (Å²) in [7, 11) is 0. The SMILES string of the molecule is CC(=Cc1ccc(C#C[C@@]2(O)CC[C@@]3(C)[C@H](C[C@@H](O)[C@@H]4[C@@H]3C[C@H](O)[C@]3(C)C(C(C)CCC(=O)OCc5ccccc5)CC[C@@H]43)C2)cc1C=C(C)C(=O)N=C(N)N)C(=O)N=C(N)N. The fourth-order valence-electron chi connectivity index (χ4n) is 11.7. The van der Waals surface area contributed by atoms with E-state index in [1.54, 1.807) is 44.2 Å². The number of carbonyl (C=O) groups excluding carboxylic acids is 3. The van der Waals surface area contributed by atoms with Gasteiger partial charge in [-0.05, 0) is 153 Å². The van der Waals surface area contributed by atoms with Gasteiger partial charge < -0.3 is 43.0 Å².